The molecule has 0 radical (unpaired) electrons. The number of amides is 1. The van der Waals surface area contributed by atoms with Crippen molar-refractivity contribution < 1.29 is 4.79 Å². The number of para-hydroxylation sites is 1. The third kappa shape index (κ3) is 3.31. The van der Waals surface area contributed by atoms with Crippen LogP contribution in [-0.4, -0.2) is 11.6 Å². The number of nitrogens with one attached hydrogen (secondary N) is 2. The fourth-order valence-electron chi connectivity index (χ4n) is 2.46. The first kappa shape index (κ1) is 16.5. The van der Waals surface area contributed by atoms with E-state index >= 15 is 0 Å². The molecule has 1 amide bonds. The Labute approximate surface area is 136 Å². The number of hydrogen-bond donors (Lipinski definition) is 3. The van der Waals surface area contributed by atoms with Crippen molar-refractivity contribution >= 4 is 34.6 Å². The lowest BCUT2D eigenvalue weighted by Crippen LogP contribution is -2.04. The van der Waals surface area contributed by atoms with Crippen LogP contribution in [0, 0.1) is 5.41 Å². The van der Waals surface area contributed by atoms with Crippen LogP contribution >= 0.6 is 0 Å². The fourth-order valence-corrected chi connectivity index (χ4v) is 2.46. The van der Waals surface area contributed by atoms with Crippen LogP contribution in [0.1, 0.15) is 37.5 Å². The van der Waals surface area contributed by atoms with Gasteiger partial charge in [-0.25, -0.2) is 0 Å². The normalized spacial score (nSPS) is 13.9. The maximum absolute atomic E-state index is 12.1. The molecule has 0 aromatic heterocycles. The molecule has 23 heavy (non-hydrogen) atoms. The Morgan fingerprint density at radius 1 is 1.17 bits per heavy atom. The van der Waals surface area contributed by atoms with Crippen molar-refractivity contribution in [1.82, 2.24) is 0 Å². The maximum atomic E-state index is 12.1. The highest BCUT2D eigenvalue weighted by atomic mass is 16.2. The number of nitrogen functional groups attached to an aromatic ring is 1. The van der Waals surface area contributed by atoms with Crippen molar-refractivity contribution in [3.05, 3.63) is 59.2 Å². The molecule has 0 fully saturated rings. The molecule has 1 aliphatic heterocycles. The minimum absolute atomic E-state index is 0.109. The number of nitrogens with two attached hydrogens (primary N) is 1. The molecule has 0 unspecified atom stereocenters. The monoisotopic (exact) mass is 307 g/mol. The molecule has 4 heteroatoms. The number of fused-ring (bicyclic) bond motifs is 1. The number of benzene rings is 2. The Bertz CT molecular complexity index is 791. The molecule has 0 atom stereocenters. The van der Waals surface area contributed by atoms with Gasteiger partial charge in [-0.3, -0.25) is 4.79 Å². The smallest absolute Gasteiger partial charge is 0.256 e. The zero-order valence-electron chi connectivity index (χ0n) is 13.6. The first-order valence-corrected chi connectivity index (χ1v) is 7.64. The third-order valence-electron chi connectivity index (χ3n) is 3.50. The number of carbonyl (C=O) groups excluding carboxylic acids is 1. The molecule has 0 saturated heterocycles. The molecular formula is C19H21N3O. The molecule has 1 heterocycles. The van der Waals surface area contributed by atoms with Gasteiger partial charge < -0.3 is 16.5 Å². The topological polar surface area (TPSA) is 79.0 Å². The summed E-state index contributed by atoms with van der Waals surface area (Å²) in [4.78, 5) is 12.1. The van der Waals surface area contributed by atoms with Gasteiger partial charge in [0, 0.05) is 33.8 Å². The van der Waals surface area contributed by atoms with Crippen LogP contribution in [0.2, 0.25) is 0 Å². The van der Waals surface area contributed by atoms with Gasteiger partial charge in [-0.1, -0.05) is 44.2 Å². The second-order valence-corrected chi connectivity index (χ2v) is 5.03. The molecule has 4 nitrogen and oxygen atoms in total. The van der Waals surface area contributed by atoms with Crippen molar-refractivity contribution in [3.8, 4) is 0 Å². The van der Waals surface area contributed by atoms with Gasteiger partial charge in [-0.2, -0.15) is 0 Å². The van der Waals surface area contributed by atoms with Gasteiger partial charge in [0.2, 0.25) is 0 Å². The van der Waals surface area contributed by atoms with Crippen molar-refractivity contribution in [2.24, 2.45) is 0 Å². The Balaban J connectivity index is 0.000000924. The van der Waals surface area contributed by atoms with Crippen LogP contribution < -0.4 is 11.1 Å². The van der Waals surface area contributed by atoms with Crippen molar-refractivity contribution in [1.29, 1.82) is 5.41 Å². The predicted octanol–water partition coefficient (Wildman–Crippen LogP) is 4.18. The standard InChI is InChI=1S/C17H15N3O.C2H6/c1-10(18)12-7-6-11(9-15(12)19)8-14-13-4-2-3-5-16(13)20-17(14)21;1-2/h2-9,18H,19H2,1H3,(H,20,21);1-2H3/b14-8+,18-10?;. The molecule has 0 bridgehead atoms. The molecular weight excluding hydrogens is 286 g/mol. The van der Waals surface area contributed by atoms with Gasteiger partial charge in [0.15, 0.2) is 0 Å². The minimum atomic E-state index is -0.109. The lowest BCUT2D eigenvalue weighted by atomic mass is 10.0. The number of carbonyl (C=O) groups is 1. The number of anilines is 2. The molecule has 2 aromatic carbocycles. The maximum Gasteiger partial charge on any atom is 0.256 e. The highest BCUT2D eigenvalue weighted by molar-refractivity contribution is 6.34. The average Bonchev–Trinajstić information content (AvgIpc) is 2.85. The fraction of sp³-hybridized carbons (Fsp3) is 0.158. The van der Waals surface area contributed by atoms with Gasteiger partial charge in [-0.15, -0.1) is 0 Å². The van der Waals surface area contributed by atoms with E-state index in [2.05, 4.69) is 5.32 Å². The van der Waals surface area contributed by atoms with E-state index in [1.54, 1.807) is 13.0 Å². The first-order valence-electron chi connectivity index (χ1n) is 7.64. The van der Waals surface area contributed by atoms with E-state index in [9.17, 15) is 4.79 Å². The highest BCUT2D eigenvalue weighted by Gasteiger charge is 2.23. The van der Waals surface area contributed by atoms with Crippen LogP contribution in [0.5, 0.6) is 0 Å². The Kier molecular flexibility index (Phi) is 4.96. The summed E-state index contributed by atoms with van der Waals surface area (Å²) in [6.07, 6.45) is 1.82. The Hall–Kier alpha value is -2.88. The second-order valence-electron chi connectivity index (χ2n) is 5.03. The lowest BCUT2D eigenvalue weighted by molar-refractivity contribution is -0.110. The molecule has 1 aliphatic rings. The summed E-state index contributed by atoms with van der Waals surface area (Å²) in [5.74, 6) is -0.109. The lowest BCUT2D eigenvalue weighted by Gasteiger charge is -2.05. The molecule has 3 rings (SSSR count). The quantitative estimate of drug-likeness (QED) is 0.442. The summed E-state index contributed by atoms with van der Waals surface area (Å²) >= 11 is 0. The van der Waals surface area contributed by atoms with Gasteiger partial charge >= 0.3 is 0 Å². The summed E-state index contributed by atoms with van der Waals surface area (Å²) in [5, 5.41) is 10.5. The van der Waals surface area contributed by atoms with Crippen molar-refractivity contribution in [2.45, 2.75) is 20.8 Å². The first-order chi connectivity index (χ1) is 11.1. The summed E-state index contributed by atoms with van der Waals surface area (Å²) in [7, 11) is 0. The van der Waals surface area contributed by atoms with Gasteiger partial charge in [0.1, 0.15) is 0 Å². The zero-order chi connectivity index (χ0) is 17.0. The summed E-state index contributed by atoms with van der Waals surface area (Å²) in [5.41, 5.74) is 10.8. The SMILES string of the molecule is CC.CC(=N)c1ccc(/C=C2/C(=O)Nc3ccccc32)cc1N. The molecule has 2 aromatic rings. The third-order valence-corrected chi connectivity index (χ3v) is 3.50. The zero-order valence-corrected chi connectivity index (χ0v) is 13.6. The van der Waals surface area contributed by atoms with Gasteiger partial charge in [-0.05, 0) is 30.7 Å². The highest BCUT2D eigenvalue weighted by Crippen LogP contribution is 2.33. The Morgan fingerprint density at radius 3 is 2.52 bits per heavy atom. The minimum Gasteiger partial charge on any atom is -0.398 e. The van der Waals surface area contributed by atoms with E-state index in [0.717, 1.165) is 16.8 Å². The average molecular weight is 307 g/mol. The molecule has 118 valence electrons. The van der Waals surface area contributed by atoms with Crippen molar-refractivity contribution in [3.63, 3.8) is 0 Å². The summed E-state index contributed by atoms with van der Waals surface area (Å²) in [6.45, 7) is 5.70. The Morgan fingerprint density at radius 2 is 1.87 bits per heavy atom. The molecule has 4 N–H and O–H groups in total. The van der Waals surface area contributed by atoms with Gasteiger partial charge in [0.25, 0.3) is 5.91 Å². The van der Waals surface area contributed by atoms with Crippen LogP contribution in [0.25, 0.3) is 11.6 Å². The largest absolute Gasteiger partial charge is 0.398 e. The molecule has 0 aliphatic carbocycles. The van der Waals surface area contributed by atoms with E-state index in [1.165, 1.54) is 0 Å². The van der Waals surface area contributed by atoms with E-state index in [0.29, 0.717) is 22.5 Å². The van der Waals surface area contributed by atoms with Crippen molar-refractivity contribution in [2.75, 3.05) is 11.1 Å². The van der Waals surface area contributed by atoms with Crippen LogP contribution in [-0.2, 0) is 4.79 Å². The van der Waals surface area contributed by atoms with E-state index < -0.39 is 0 Å². The van der Waals surface area contributed by atoms with Crippen LogP contribution in [0.3, 0.4) is 0 Å². The molecule has 0 saturated carbocycles. The second kappa shape index (κ2) is 6.92. The number of rotatable bonds is 2. The predicted molar refractivity (Wildman–Crippen MR) is 97.6 cm³/mol. The van der Waals surface area contributed by atoms with E-state index in [4.69, 9.17) is 11.1 Å². The molecule has 0 spiro atoms. The van der Waals surface area contributed by atoms with Crippen LogP contribution in [0.4, 0.5) is 11.4 Å². The van der Waals surface area contributed by atoms with E-state index in [1.807, 2.05) is 56.3 Å². The van der Waals surface area contributed by atoms with Gasteiger partial charge in [0.05, 0.1) is 0 Å². The number of hydrogen-bond acceptors (Lipinski definition) is 3. The van der Waals surface area contributed by atoms with Crippen LogP contribution in [0.15, 0.2) is 42.5 Å². The van der Waals surface area contributed by atoms with E-state index in [-0.39, 0.29) is 5.91 Å². The summed E-state index contributed by atoms with van der Waals surface area (Å²) in [6, 6.07) is 13.1. The summed E-state index contributed by atoms with van der Waals surface area (Å²) < 4.78 is 0.